The second-order valence-corrected chi connectivity index (χ2v) is 6.30. The molecule has 0 unspecified atom stereocenters. The van der Waals surface area contributed by atoms with E-state index in [2.05, 4.69) is 0 Å². The summed E-state index contributed by atoms with van der Waals surface area (Å²) in [5, 5.41) is 2.33. The summed E-state index contributed by atoms with van der Waals surface area (Å²) in [6.45, 7) is 0. The van der Waals surface area contributed by atoms with Crippen LogP contribution in [0.1, 0.15) is 21.7 Å². The van der Waals surface area contributed by atoms with Gasteiger partial charge >= 0.3 is 12.4 Å². The lowest BCUT2D eigenvalue weighted by Gasteiger charge is -2.14. The van der Waals surface area contributed by atoms with Crippen LogP contribution in [0.25, 0.3) is 11.3 Å². The molecule has 3 rings (SSSR count). The predicted octanol–water partition coefficient (Wildman–Crippen LogP) is 6.89. The van der Waals surface area contributed by atoms with Gasteiger partial charge in [0.15, 0.2) is 5.76 Å². The Labute approximate surface area is 164 Å². The highest BCUT2D eigenvalue weighted by atomic mass is 35.5. The fourth-order valence-corrected chi connectivity index (χ4v) is 2.71. The first-order valence-corrected chi connectivity index (χ1v) is 8.28. The molecule has 0 saturated carbocycles. The molecule has 0 aliphatic heterocycles. The van der Waals surface area contributed by atoms with E-state index in [-0.39, 0.29) is 17.6 Å². The van der Waals surface area contributed by atoms with E-state index in [1.165, 1.54) is 12.1 Å². The molecule has 0 saturated heterocycles. The first-order valence-electron chi connectivity index (χ1n) is 7.91. The zero-order valence-electron chi connectivity index (χ0n) is 14.2. The van der Waals surface area contributed by atoms with Gasteiger partial charge in [0.1, 0.15) is 5.76 Å². The molecule has 1 N–H and O–H groups in total. The number of nitrogens with one attached hydrogen (secondary N) is 1. The molecule has 3 aromatic rings. The average Bonchev–Trinajstić information content (AvgIpc) is 3.10. The molecule has 29 heavy (non-hydrogen) atoms. The lowest BCUT2D eigenvalue weighted by Crippen LogP contribution is -2.15. The molecule has 0 bridgehead atoms. The number of furan rings is 1. The van der Waals surface area contributed by atoms with Gasteiger partial charge in [-0.15, -0.1) is 0 Å². The number of carbonyl (C=O) groups is 1. The van der Waals surface area contributed by atoms with Crippen molar-refractivity contribution in [3.05, 3.63) is 76.5 Å². The number of benzene rings is 2. The number of rotatable bonds is 3. The molecular weight excluding hydrogens is 424 g/mol. The Morgan fingerprint density at radius 3 is 2.00 bits per heavy atom. The summed E-state index contributed by atoms with van der Waals surface area (Å²) < 4.78 is 82.8. The minimum absolute atomic E-state index is 0.0297. The summed E-state index contributed by atoms with van der Waals surface area (Å²) in [5.74, 6) is -1.12. The minimum Gasteiger partial charge on any atom is -0.451 e. The van der Waals surface area contributed by atoms with E-state index in [4.69, 9.17) is 16.0 Å². The fourth-order valence-electron chi connectivity index (χ4n) is 2.49. The standard InChI is InChI=1S/C19H10ClF6NO2/c20-14-4-2-1-3-13(14)15-5-6-16(29-15)17(28)27-12-8-10(18(21,22)23)7-11(9-12)19(24,25)26/h1-9H,(H,27,28). The second kappa shape index (κ2) is 7.47. The lowest BCUT2D eigenvalue weighted by atomic mass is 10.1. The van der Waals surface area contributed by atoms with Crippen molar-refractivity contribution >= 4 is 23.2 Å². The van der Waals surface area contributed by atoms with Crippen molar-refractivity contribution in [3.8, 4) is 11.3 Å². The van der Waals surface area contributed by atoms with E-state index in [0.717, 1.165) is 0 Å². The SMILES string of the molecule is O=C(Nc1cc(C(F)(F)F)cc(C(F)(F)F)c1)c1ccc(-c2ccccc2Cl)o1. The molecule has 2 aromatic carbocycles. The first kappa shape index (κ1) is 20.8. The molecule has 152 valence electrons. The topological polar surface area (TPSA) is 42.2 Å². The highest BCUT2D eigenvalue weighted by Gasteiger charge is 2.37. The molecule has 0 aliphatic rings. The van der Waals surface area contributed by atoms with Gasteiger partial charge in [-0.25, -0.2) is 0 Å². The highest BCUT2D eigenvalue weighted by Crippen LogP contribution is 2.37. The summed E-state index contributed by atoms with van der Waals surface area (Å²) in [6.07, 6.45) is -10.1. The summed E-state index contributed by atoms with van der Waals surface area (Å²) in [4.78, 5) is 12.3. The second-order valence-electron chi connectivity index (χ2n) is 5.89. The maximum absolute atomic E-state index is 12.9. The molecule has 1 heterocycles. The van der Waals surface area contributed by atoms with Gasteiger partial charge in [-0.3, -0.25) is 4.79 Å². The van der Waals surface area contributed by atoms with Crippen LogP contribution in [0.4, 0.5) is 32.0 Å². The molecule has 0 spiro atoms. The number of hydrogen-bond acceptors (Lipinski definition) is 2. The van der Waals surface area contributed by atoms with Gasteiger partial charge < -0.3 is 9.73 Å². The van der Waals surface area contributed by atoms with E-state index in [9.17, 15) is 31.1 Å². The Hall–Kier alpha value is -2.94. The molecule has 0 atom stereocenters. The molecular formula is C19H10ClF6NO2. The zero-order chi connectivity index (χ0) is 21.4. The molecule has 0 radical (unpaired) electrons. The van der Waals surface area contributed by atoms with Crippen LogP contribution in [0, 0.1) is 0 Å². The predicted molar refractivity (Wildman–Crippen MR) is 93.6 cm³/mol. The summed E-state index contributed by atoms with van der Waals surface area (Å²) >= 11 is 6.02. The third-order valence-electron chi connectivity index (χ3n) is 3.81. The van der Waals surface area contributed by atoms with Crippen LogP contribution in [0.3, 0.4) is 0 Å². The lowest BCUT2D eigenvalue weighted by molar-refractivity contribution is -0.143. The first-order chi connectivity index (χ1) is 13.4. The smallest absolute Gasteiger partial charge is 0.416 e. The van der Waals surface area contributed by atoms with Crippen LogP contribution in [-0.2, 0) is 12.4 Å². The molecule has 3 nitrogen and oxygen atoms in total. The Bertz CT molecular complexity index is 1020. The molecule has 1 amide bonds. The number of amides is 1. The molecule has 0 aliphatic carbocycles. The fraction of sp³-hybridized carbons (Fsp3) is 0.105. The van der Waals surface area contributed by atoms with Crippen molar-refractivity contribution in [3.63, 3.8) is 0 Å². The van der Waals surface area contributed by atoms with Crippen molar-refractivity contribution in [2.24, 2.45) is 0 Å². The van der Waals surface area contributed by atoms with Crippen molar-refractivity contribution in [1.82, 2.24) is 0 Å². The summed E-state index contributed by atoms with van der Waals surface area (Å²) in [7, 11) is 0. The number of carbonyl (C=O) groups excluding carboxylic acids is 1. The molecule has 1 aromatic heterocycles. The number of alkyl halides is 6. The minimum atomic E-state index is -5.03. The van der Waals surface area contributed by atoms with Gasteiger partial charge in [-0.1, -0.05) is 23.7 Å². The van der Waals surface area contributed by atoms with E-state index in [0.29, 0.717) is 22.7 Å². The Morgan fingerprint density at radius 2 is 1.45 bits per heavy atom. The summed E-state index contributed by atoms with van der Waals surface area (Å²) in [5.41, 5.74) is -3.29. The maximum Gasteiger partial charge on any atom is 0.416 e. The molecule has 10 heteroatoms. The van der Waals surface area contributed by atoms with E-state index in [1.807, 2.05) is 5.32 Å². The van der Waals surface area contributed by atoms with Gasteiger partial charge in [-0.2, -0.15) is 26.3 Å². The quantitative estimate of drug-likeness (QED) is 0.457. The number of anilines is 1. The summed E-state index contributed by atoms with van der Waals surface area (Å²) in [6, 6.07) is 9.97. The van der Waals surface area contributed by atoms with E-state index in [1.54, 1.807) is 24.3 Å². The van der Waals surface area contributed by atoms with Crippen LogP contribution in [0.2, 0.25) is 5.02 Å². The van der Waals surface area contributed by atoms with Gasteiger partial charge in [0.05, 0.1) is 16.1 Å². The Kier molecular flexibility index (Phi) is 5.36. The van der Waals surface area contributed by atoms with Crippen molar-refractivity contribution in [2.75, 3.05) is 5.32 Å². The molecule has 0 fully saturated rings. The van der Waals surface area contributed by atoms with Gasteiger partial charge in [0, 0.05) is 11.3 Å². The number of hydrogen-bond donors (Lipinski definition) is 1. The van der Waals surface area contributed by atoms with Crippen LogP contribution in [-0.4, -0.2) is 5.91 Å². The normalized spacial score (nSPS) is 12.1. The van der Waals surface area contributed by atoms with Gasteiger partial charge in [0.2, 0.25) is 0 Å². The third kappa shape index (κ3) is 4.73. The van der Waals surface area contributed by atoms with Crippen LogP contribution >= 0.6 is 11.6 Å². The van der Waals surface area contributed by atoms with Crippen LogP contribution < -0.4 is 5.32 Å². The monoisotopic (exact) mass is 433 g/mol. The van der Waals surface area contributed by atoms with E-state index < -0.39 is 35.1 Å². The third-order valence-corrected chi connectivity index (χ3v) is 4.14. The van der Waals surface area contributed by atoms with E-state index >= 15 is 0 Å². The largest absolute Gasteiger partial charge is 0.451 e. The van der Waals surface area contributed by atoms with Crippen LogP contribution in [0.15, 0.2) is 59.0 Å². The van der Waals surface area contributed by atoms with Crippen molar-refractivity contribution in [1.29, 1.82) is 0 Å². The van der Waals surface area contributed by atoms with Gasteiger partial charge in [0.25, 0.3) is 5.91 Å². The maximum atomic E-state index is 12.9. The Morgan fingerprint density at radius 1 is 0.862 bits per heavy atom. The highest BCUT2D eigenvalue weighted by molar-refractivity contribution is 6.33. The van der Waals surface area contributed by atoms with Gasteiger partial charge in [-0.05, 0) is 42.5 Å². The van der Waals surface area contributed by atoms with Crippen LogP contribution in [0.5, 0.6) is 0 Å². The zero-order valence-corrected chi connectivity index (χ0v) is 14.9. The van der Waals surface area contributed by atoms with Crippen molar-refractivity contribution < 1.29 is 35.6 Å². The Balaban J connectivity index is 1.90. The average molecular weight is 434 g/mol. The van der Waals surface area contributed by atoms with Crippen molar-refractivity contribution in [2.45, 2.75) is 12.4 Å². The number of halogens is 7.